The van der Waals surface area contributed by atoms with Crippen molar-refractivity contribution in [3.63, 3.8) is 0 Å². The zero-order valence-electron chi connectivity index (χ0n) is 17.0. The number of carbonyl (C=O) groups excluding carboxylic acids is 1. The lowest BCUT2D eigenvalue weighted by atomic mass is 9.90. The topological polar surface area (TPSA) is 62.1 Å². The molecule has 1 aliphatic rings. The van der Waals surface area contributed by atoms with E-state index in [-0.39, 0.29) is 5.91 Å². The first kappa shape index (κ1) is 19.7. The van der Waals surface area contributed by atoms with Crippen LogP contribution in [0, 0.1) is 0 Å². The normalized spacial score (nSPS) is 19.3. The van der Waals surface area contributed by atoms with Crippen LogP contribution < -0.4 is 5.73 Å². The summed E-state index contributed by atoms with van der Waals surface area (Å²) >= 11 is 0. The van der Waals surface area contributed by atoms with Gasteiger partial charge in [0.1, 0.15) is 0 Å². The molecule has 2 aromatic carbocycles. The van der Waals surface area contributed by atoms with Gasteiger partial charge in [-0.15, -0.1) is 0 Å². The molecular weight excluding hydrogens is 358 g/mol. The van der Waals surface area contributed by atoms with Gasteiger partial charge < -0.3 is 15.6 Å². The van der Waals surface area contributed by atoms with Gasteiger partial charge in [0, 0.05) is 42.1 Å². The first-order valence-corrected chi connectivity index (χ1v) is 10.8. The van der Waals surface area contributed by atoms with Crippen LogP contribution in [0.1, 0.15) is 49.7 Å². The Labute approximate surface area is 173 Å². The molecule has 1 amide bonds. The van der Waals surface area contributed by atoms with Gasteiger partial charge in [-0.25, -0.2) is 0 Å². The van der Waals surface area contributed by atoms with Crippen LogP contribution in [-0.2, 0) is 17.8 Å². The number of amides is 1. The van der Waals surface area contributed by atoms with Gasteiger partial charge in [-0.2, -0.15) is 0 Å². The summed E-state index contributed by atoms with van der Waals surface area (Å²) < 4.78 is 0. The number of benzene rings is 2. The Morgan fingerprint density at radius 1 is 1.00 bits per heavy atom. The second-order valence-corrected chi connectivity index (χ2v) is 8.29. The van der Waals surface area contributed by atoms with E-state index in [1.807, 2.05) is 24.3 Å². The number of rotatable bonds is 7. The summed E-state index contributed by atoms with van der Waals surface area (Å²) in [4.78, 5) is 18.7. The van der Waals surface area contributed by atoms with E-state index in [9.17, 15) is 4.79 Å². The Kier molecular flexibility index (Phi) is 6.30. The maximum absolute atomic E-state index is 13.2. The van der Waals surface area contributed by atoms with Crippen molar-refractivity contribution >= 4 is 16.8 Å². The van der Waals surface area contributed by atoms with Crippen molar-refractivity contribution in [3.8, 4) is 0 Å². The lowest BCUT2D eigenvalue weighted by molar-refractivity contribution is -0.135. The summed E-state index contributed by atoms with van der Waals surface area (Å²) in [6.45, 7) is 0.701. The zero-order valence-corrected chi connectivity index (χ0v) is 17.0. The van der Waals surface area contributed by atoms with Gasteiger partial charge in [0.05, 0.1) is 0 Å². The summed E-state index contributed by atoms with van der Waals surface area (Å²) in [5.74, 6) is 0.272. The monoisotopic (exact) mass is 389 g/mol. The number of aryl methyl sites for hydroxylation is 1. The van der Waals surface area contributed by atoms with Crippen LogP contribution in [0.5, 0.6) is 0 Å². The van der Waals surface area contributed by atoms with Gasteiger partial charge in [-0.1, -0.05) is 48.5 Å². The van der Waals surface area contributed by atoms with Crippen molar-refractivity contribution < 1.29 is 4.79 Å². The highest BCUT2D eigenvalue weighted by Gasteiger charge is 2.27. The summed E-state index contributed by atoms with van der Waals surface area (Å²) in [6, 6.07) is 19.3. The minimum atomic E-state index is 0.272. The molecule has 1 fully saturated rings. The van der Waals surface area contributed by atoms with Crippen molar-refractivity contribution in [3.05, 3.63) is 71.9 Å². The van der Waals surface area contributed by atoms with Crippen molar-refractivity contribution in [2.45, 2.75) is 63.6 Å². The number of nitrogens with one attached hydrogen (secondary N) is 1. The molecule has 1 aliphatic carbocycles. The highest BCUT2D eigenvalue weighted by Crippen LogP contribution is 2.25. The number of H-pyrrole nitrogens is 1. The molecule has 4 rings (SSSR count). The Morgan fingerprint density at radius 2 is 1.72 bits per heavy atom. The van der Waals surface area contributed by atoms with Crippen LogP contribution in [0.2, 0.25) is 0 Å². The molecule has 0 atom stereocenters. The van der Waals surface area contributed by atoms with E-state index in [1.165, 1.54) is 16.5 Å². The fourth-order valence-electron chi connectivity index (χ4n) is 4.53. The molecule has 0 spiro atoms. The average molecular weight is 390 g/mol. The molecule has 0 radical (unpaired) electrons. The van der Waals surface area contributed by atoms with E-state index in [0.29, 0.717) is 25.0 Å². The smallest absolute Gasteiger partial charge is 0.223 e. The Bertz CT molecular complexity index is 925. The van der Waals surface area contributed by atoms with Crippen LogP contribution in [0.3, 0.4) is 0 Å². The fraction of sp³-hybridized carbons (Fsp3) is 0.400. The van der Waals surface area contributed by atoms with Crippen molar-refractivity contribution in [1.29, 1.82) is 0 Å². The molecule has 0 saturated heterocycles. The summed E-state index contributed by atoms with van der Waals surface area (Å²) in [7, 11) is 0. The predicted molar refractivity (Wildman–Crippen MR) is 118 cm³/mol. The molecule has 152 valence electrons. The maximum Gasteiger partial charge on any atom is 0.223 e. The molecule has 29 heavy (non-hydrogen) atoms. The third-order valence-electron chi connectivity index (χ3n) is 6.21. The van der Waals surface area contributed by atoms with Crippen molar-refractivity contribution in [1.82, 2.24) is 9.88 Å². The molecule has 4 nitrogen and oxygen atoms in total. The van der Waals surface area contributed by atoms with Gasteiger partial charge in [0.25, 0.3) is 0 Å². The first-order valence-electron chi connectivity index (χ1n) is 10.8. The third kappa shape index (κ3) is 4.88. The molecule has 1 heterocycles. The van der Waals surface area contributed by atoms with Crippen molar-refractivity contribution in [2.75, 3.05) is 0 Å². The van der Waals surface area contributed by atoms with Crippen molar-refractivity contribution in [2.24, 2.45) is 5.73 Å². The van der Waals surface area contributed by atoms with Gasteiger partial charge in [0.2, 0.25) is 5.91 Å². The van der Waals surface area contributed by atoms with E-state index in [0.717, 1.165) is 44.0 Å². The van der Waals surface area contributed by atoms with E-state index < -0.39 is 0 Å². The third-order valence-corrected chi connectivity index (χ3v) is 6.21. The number of nitrogens with two attached hydrogens (primary N) is 1. The molecule has 0 bridgehead atoms. The lowest BCUT2D eigenvalue weighted by Crippen LogP contribution is -2.43. The van der Waals surface area contributed by atoms with Crippen LogP contribution in [0.4, 0.5) is 0 Å². The van der Waals surface area contributed by atoms with E-state index >= 15 is 0 Å². The minimum Gasteiger partial charge on any atom is -0.361 e. The summed E-state index contributed by atoms with van der Waals surface area (Å²) in [5.41, 5.74) is 9.76. The molecule has 3 N–H and O–H groups in total. The second-order valence-electron chi connectivity index (χ2n) is 8.29. The van der Waals surface area contributed by atoms with Gasteiger partial charge >= 0.3 is 0 Å². The number of para-hydroxylation sites is 1. The summed E-state index contributed by atoms with van der Waals surface area (Å²) in [5, 5.41) is 1.27. The number of nitrogens with zero attached hydrogens (tertiary/aromatic N) is 1. The van der Waals surface area contributed by atoms with Gasteiger partial charge in [0.15, 0.2) is 0 Å². The van der Waals surface area contributed by atoms with Crippen LogP contribution >= 0.6 is 0 Å². The number of aromatic amines is 1. The molecule has 0 unspecified atom stereocenters. The summed E-state index contributed by atoms with van der Waals surface area (Å²) in [6.07, 6.45) is 8.53. The van der Waals surface area contributed by atoms with E-state index in [2.05, 4.69) is 46.4 Å². The standard InChI is InChI=1S/C25H31N3O/c26-21-13-15-22(16-14-21)28(18-19-7-2-1-3-8-19)25(29)12-6-9-20-17-27-24-11-5-4-10-23(20)24/h1-5,7-8,10-11,17,21-22,27H,6,9,12-16,18,26H2. The number of hydrogen-bond acceptors (Lipinski definition) is 2. The molecule has 1 aromatic heterocycles. The van der Waals surface area contributed by atoms with E-state index in [1.54, 1.807) is 0 Å². The average Bonchev–Trinajstić information content (AvgIpc) is 3.17. The Morgan fingerprint density at radius 3 is 2.52 bits per heavy atom. The fourth-order valence-corrected chi connectivity index (χ4v) is 4.53. The number of carbonyl (C=O) groups is 1. The van der Waals surface area contributed by atoms with E-state index in [4.69, 9.17) is 5.73 Å². The second kappa shape index (κ2) is 9.27. The van der Waals surface area contributed by atoms with Crippen LogP contribution in [-0.4, -0.2) is 27.9 Å². The lowest BCUT2D eigenvalue weighted by Gasteiger charge is -2.36. The highest BCUT2D eigenvalue weighted by molar-refractivity contribution is 5.83. The minimum absolute atomic E-state index is 0.272. The number of fused-ring (bicyclic) bond motifs is 1. The Balaban J connectivity index is 1.40. The zero-order chi connectivity index (χ0) is 20.1. The highest BCUT2D eigenvalue weighted by atomic mass is 16.2. The molecule has 0 aliphatic heterocycles. The molecule has 3 aromatic rings. The quantitative estimate of drug-likeness (QED) is 0.610. The number of aromatic nitrogens is 1. The van der Waals surface area contributed by atoms with Crippen LogP contribution in [0.25, 0.3) is 10.9 Å². The SMILES string of the molecule is NC1CCC(N(Cc2ccccc2)C(=O)CCCc2c[nH]c3ccccc23)CC1. The first-order chi connectivity index (χ1) is 14.2. The molecule has 4 heteroatoms. The van der Waals surface area contributed by atoms with Crippen LogP contribution in [0.15, 0.2) is 60.8 Å². The number of hydrogen-bond donors (Lipinski definition) is 2. The Hall–Kier alpha value is -2.59. The maximum atomic E-state index is 13.2. The largest absolute Gasteiger partial charge is 0.361 e. The molecular formula is C25H31N3O. The van der Waals surface area contributed by atoms with Gasteiger partial charge in [-0.3, -0.25) is 4.79 Å². The van der Waals surface area contributed by atoms with Gasteiger partial charge in [-0.05, 0) is 55.7 Å². The molecule has 1 saturated carbocycles. The predicted octanol–water partition coefficient (Wildman–Crippen LogP) is 4.79.